The van der Waals surface area contributed by atoms with Gasteiger partial charge in [-0.3, -0.25) is 4.79 Å². The fourth-order valence-electron chi connectivity index (χ4n) is 2.55. The fraction of sp³-hybridized carbons (Fsp3) is 0.167. The van der Waals surface area contributed by atoms with Crippen molar-refractivity contribution in [2.75, 3.05) is 12.3 Å². The van der Waals surface area contributed by atoms with Crippen LogP contribution in [0.2, 0.25) is 0 Å². The number of thioether (sulfide) groups is 1. The SMILES string of the molecule is CC(=O)NCCSc1c(-c2ccc(F)cc2)[nH]c2c(F)cc(F)cc12. The highest BCUT2D eigenvalue weighted by molar-refractivity contribution is 7.99. The maximum atomic E-state index is 14.1. The summed E-state index contributed by atoms with van der Waals surface area (Å²) in [5, 5.41) is 3.10. The number of nitrogens with one attached hydrogen (secondary N) is 2. The second-order valence-corrected chi connectivity index (χ2v) is 6.58. The molecule has 0 spiro atoms. The standard InChI is InChI=1S/C18H15F3N2OS/c1-10(24)22-6-7-25-18-14-8-13(20)9-15(21)17(14)23-16(18)11-2-4-12(19)5-3-11/h2-5,8-9,23H,6-7H2,1H3,(H,22,24). The summed E-state index contributed by atoms with van der Waals surface area (Å²) in [4.78, 5) is 14.6. The number of carbonyl (C=O) groups is 1. The number of aromatic amines is 1. The van der Waals surface area contributed by atoms with Gasteiger partial charge in [-0.25, -0.2) is 13.2 Å². The van der Waals surface area contributed by atoms with Crippen LogP contribution in [-0.4, -0.2) is 23.2 Å². The van der Waals surface area contributed by atoms with Gasteiger partial charge in [0.15, 0.2) is 0 Å². The van der Waals surface area contributed by atoms with Gasteiger partial charge < -0.3 is 10.3 Å². The smallest absolute Gasteiger partial charge is 0.216 e. The van der Waals surface area contributed by atoms with Crippen LogP contribution in [0.15, 0.2) is 41.3 Å². The van der Waals surface area contributed by atoms with Crippen LogP contribution in [0.25, 0.3) is 22.2 Å². The maximum Gasteiger partial charge on any atom is 0.216 e. The number of aromatic nitrogens is 1. The van der Waals surface area contributed by atoms with Gasteiger partial charge in [0.25, 0.3) is 0 Å². The number of benzene rings is 2. The highest BCUT2D eigenvalue weighted by Gasteiger charge is 2.17. The average Bonchev–Trinajstić information content (AvgIpc) is 2.91. The number of hydrogen-bond donors (Lipinski definition) is 2. The van der Waals surface area contributed by atoms with E-state index in [9.17, 15) is 18.0 Å². The van der Waals surface area contributed by atoms with E-state index in [2.05, 4.69) is 10.3 Å². The minimum Gasteiger partial charge on any atom is -0.356 e. The summed E-state index contributed by atoms with van der Waals surface area (Å²) in [7, 11) is 0. The summed E-state index contributed by atoms with van der Waals surface area (Å²) in [5.74, 6) is -1.35. The molecule has 2 N–H and O–H groups in total. The molecule has 25 heavy (non-hydrogen) atoms. The van der Waals surface area contributed by atoms with Gasteiger partial charge in [0.2, 0.25) is 5.91 Å². The first-order valence-electron chi connectivity index (χ1n) is 7.59. The van der Waals surface area contributed by atoms with Crippen LogP contribution >= 0.6 is 11.8 Å². The van der Waals surface area contributed by atoms with E-state index >= 15 is 0 Å². The Balaban J connectivity index is 2.04. The van der Waals surface area contributed by atoms with Crippen LogP contribution in [0.4, 0.5) is 13.2 Å². The molecule has 7 heteroatoms. The van der Waals surface area contributed by atoms with Crippen LogP contribution in [-0.2, 0) is 4.79 Å². The zero-order chi connectivity index (χ0) is 18.0. The molecular formula is C18H15F3N2OS. The Morgan fingerprint density at radius 3 is 2.52 bits per heavy atom. The number of rotatable bonds is 5. The highest BCUT2D eigenvalue weighted by atomic mass is 32.2. The van der Waals surface area contributed by atoms with Crippen molar-refractivity contribution in [2.45, 2.75) is 11.8 Å². The second kappa shape index (κ2) is 7.23. The monoisotopic (exact) mass is 364 g/mol. The Kier molecular flexibility index (Phi) is 5.03. The zero-order valence-electron chi connectivity index (χ0n) is 13.3. The van der Waals surface area contributed by atoms with Crippen molar-refractivity contribution in [1.82, 2.24) is 10.3 Å². The molecule has 0 aliphatic heterocycles. The van der Waals surface area contributed by atoms with Gasteiger partial charge in [-0.15, -0.1) is 11.8 Å². The van der Waals surface area contributed by atoms with Crippen molar-refractivity contribution in [3.63, 3.8) is 0 Å². The number of fused-ring (bicyclic) bond motifs is 1. The molecule has 1 amide bonds. The van der Waals surface area contributed by atoms with Crippen molar-refractivity contribution in [2.24, 2.45) is 0 Å². The summed E-state index contributed by atoms with van der Waals surface area (Å²) in [6.07, 6.45) is 0. The summed E-state index contributed by atoms with van der Waals surface area (Å²) >= 11 is 1.37. The largest absolute Gasteiger partial charge is 0.356 e. The van der Waals surface area contributed by atoms with E-state index in [1.807, 2.05) is 0 Å². The number of hydrogen-bond acceptors (Lipinski definition) is 2. The Morgan fingerprint density at radius 2 is 1.84 bits per heavy atom. The first kappa shape index (κ1) is 17.4. The van der Waals surface area contributed by atoms with Gasteiger partial charge in [0.1, 0.15) is 17.5 Å². The van der Waals surface area contributed by atoms with E-state index in [1.165, 1.54) is 36.9 Å². The molecule has 0 bridgehead atoms. The van der Waals surface area contributed by atoms with Crippen molar-refractivity contribution in [3.05, 3.63) is 53.8 Å². The number of carbonyl (C=O) groups excluding carboxylic acids is 1. The normalized spacial score (nSPS) is 11.0. The third-order valence-corrected chi connectivity index (χ3v) is 4.75. The van der Waals surface area contributed by atoms with Crippen molar-refractivity contribution < 1.29 is 18.0 Å². The van der Waals surface area contributed by atoms with Crippen LogP contribution < -0.4 is 5.32 Å². The molecule has 1 aromatic heterocycles. The maximum absolute atomic E-state index is 14.1. The zero-order valence-corrected chi connectivity index (χ0v) is 14.1. The third kappa shape index (κ3) is 3.82. The lowest BCUT2D eigenvalue weighted by atomic mass is 10.1. The first-order valence-corrected chi connectivity index (χ1v) is 8.58. The van der Waals surface area contributed by atoms with E-state index in [0.29, 0.717) is 33.8 Å². The van der Waals surface area contributed by atoms with Gasteiger partial charge in [0, 0.05) is 35.6 Å². The molecular weight excluding hydrogens is 349 g/mol. The van der Waals surface area contributed by atoms with Gasteiger partial charge >= 0.3 is 0 Å². The molecule has 0 aliphatic rings. The molecule has 0 atom stereocenters. The second-order valence-electron chi connectivity index (χ2n) is 5.48. The molecule has 0 fully saturated rings. The van der Waals surface area contributed by atoms with Crippen molar-refractivity contribution >= 4 is 28.6 Å². The van der Waals surface area contributed by atoms with Crippen LogP contribution in [0.5, 0.6) is 0 Å². The van der Waals surface area contributed by atoms with E-state index in [1.54, 1.807) is 12.1 Å². The minimum atomic E-state index is -0.688. The molecule has 0 unspecified atom stereocenters. The molecule has 0 saturated carbocycles. The van der Waals surface area contributed by atoms with Crippen LogP contribution in [0.1, 0.15) is 6.92 Å². The minimum absolute atomic E-state index is 0.143. The van der Waals surface area contributed by atoms with Gasteiger partial charge in [0.05, 0.1) is 11.2 Å². The topological polar surface area (TPSA) is 44.9 Å². The van der Waals surface area contributed by atoms with Crippen molar-refractivity contribution in [1.29, 1.82) is 0 Å². The molecule has 1 heterocycles. The first-order chi connectivity index (χ1) is 12.0. The molecule has 3 aromatic rings. The molecule has 130 valence electrons. The fourth-order valence-corrected chi connectivity index (χ4v) is 3.58. The summed E-state index contributed by atoms with van der Waals surface area (Å²) < 4.78 is 41.0. The van der Waals surface area contributed by atoms with Gasteiger partial charge in [-0.2, -0.15) is 0 Å². The Morgan fingerprint density at radius 1 is 1.12 bits per heavy atom. The van der Waals surface area contributed by atoms with E-state index < -0.39 is 11.6 Å². The summed E-state index contributed by atoms with van der Waals surface area (Å²) in [6, 6.07) is 7.85. The van der Waals surface area contributed by atoms with E-state index in [4.69, 9.17) is 0 Å². The lowest BCUT2D eigenvalue weighted by Crippen LogP contribution is -2.22. The molecule has 3 rings (SSSR count). The Bertz CT molecular complexity index is 922. The Labute approximate surface area is 146 Å². The molecule has 0 radical (unpaired) electrons. The summed E-state index contributed by atoms with van der Waals surface area (Å²) in [5.41, 5.74) is 1.45. The Hall–Kier alpha value is -2.41. The average molecular weight is 364 g/mol. The lowest BCUT2D eigenvalue weighted by molar-refractivity contribution is -0.118. The van der Waals surface area contributed by atoms with Gasteiger partial charge in [-0.05, 0) is 35.9 Å². The predicted octanol–water partition coefficient (Wildman–Crippen LogP) is 4.48. The van der Waals surface area contributed by atoms with Crippen molar-refractivity contribution in [3.8, 4) is 11.3 Å². The predicted molar refractivity (Wildman–Crippen MR) is 93.0 cm³/mol. The highest BCUT2D eigenvalue weighted by Crippen LogP contribution is 2.38. The molecule has 0 aliphatic carbocycles. The number of H-pyrrole nitrogens is 1. The lowest BCUT2D eigenvalue weighted by Gasteiger charge is -2.06. The van der Waals surface area contributed by atoms with E-state index in [0.717, 1.165) is 6.07 Å². The van der Waals surface area contributed by atoms with E-state index in [-0.39, 0.29) is 17.2 Å². The van der Waals surface area contributed by atoms with Crippen LogP contribution in [0, 0.1) is 17.5 Å². The quantitative estimate of drug-likeness (QED) is 0.518. The van der Waals surface area contributed by atoms with Gasteiger partial charge in [-0.1, -0.05) is 0 Å². The number of halogens is 3. The molecule has 3 nitrogen and oxygen atoms in total. The third-order valence-electron chi connectivity index (χ3n) is 3.63. The number of amides is 1. The van der Waals surface area contributed by atoms with Crippen LogP contribution in [0.3, 0.4) is 0 Å². The molecule has 2 aromatic carbocycles. The summed E-state index contributed by atoms with van der Waals surface area (Å²) in [6.45, 7) is 1.85. The molecule has 0 saturated heterocycles.